The van der Waals surface area contributed by atoms with Crippen molar-refractivity contribution in [2.24, 2.45) is 0 Å². The zero-order valence-electron chi connectivity index (χ0n) is 11.4. The summed E-state index contributed by atoms with van der Waals surface area (Å²) < 4.78 is 0.893. The van der Waals surface area contributed by atoms with E-state index in [1.165, 1.54) is 6.08 Å². The van der Waals surface area contributed by atoms with Crippen LogP contribution < -0.4 is 0 Å². The SMILES string of the molecule is C=CC(=O)N(Cc1ccccc1)Cc1ccc(Cl)cc1Br. The largest absolute Gasteiger partial charge is 0.330 e. The second kappa shape index (κ2) is 7.43. The van der Waals surface area contributed by atoms with Crippen LogP contribution in [0.15, 0.2) is 65.7 Å². The molecule has 0 bridgehead atoms. The standard InChI is InChI=1S/C17H15BrClNO/c1-2-17(21)20(11-13-6-4-3-5-7-13)12-14-8-9-15(19)10-16(14)18/h2-10H,1,11-12H2. The van der Waals surface area contributed by atoms with E-state index in [1.807, 2.05) is 48.5 Å². The fourth-order valence-corrected chi connectivity index (χ4v) is 2.81. The Morgan fingerprint density at radius 1 is 1.19 bits per heavy atom. The summed E-state index contributed by atoms with van der Waals surface area (Å²) in [5.74, 6) is -0.0966. The summed E-state index contributed by atoms with van der Waals surface area (Å²) in [5, 5.41) is 0.662. The molecule has 4 heteroatoms. The molecule has 0 aromatic heterocycles. The summed E-state index contributed by atoms with van der Waals surface area (Å²) in [4.78, 5) is 13.8. The third kappa shape index (κ3) is 4.45. The molecule has 0 radical (unpaired) electrons. The number of rotatable bonds is 5. The molecule has 0 aliphatic carbocycles. The highest BCUT2D eigenvalue weighted by atomic mass is 79.9. The van der Waals surface area contributed by atoms with Crippen LogP contribution in [0.3, 0.4) is 0 Å². The van der Waals surface area contributed by atoms with Crippen molar-refractivity contribution in [2.45, 2.75) is 13.1 Å². The second-order valence-corrected chi connectivity index (χ2v) is 5.91. The van der Waals surface area contributed by atoms with Crippen molar-refractivity contribution in [1.29, 1.82) is 0 Å². The summed E-state index contributed by atoms with van der Waals surface area (Å²) in [7, 11) is 0. The third-order valence-electron chi connectivity index (χ3n) is 3.08. The molecule has 1 amide bonds. The van der Waals surface area contributed by atoms with Crippen LogP contribution in [0.4, 0.5) is 0 Å². The van der Waals surface area contributed by atoms with Gasteiger partial charge in [0.2, 0.25) is 5.91 Å². The van der Waals surface area contributed by atoms with Crippen LogP contribution in [0.1, 0.15) is 11.1 Å². The number of hydrogen-bond donors (Lipinski definition) is 0. The molecule has 0 heterocycles. The highest BCUT2D eigenvalue weighted by Gasteiger charge is 2.13. The van der Waals surface area contributed by atoms with Gasteiger partial charge in [-0.15, -0.1) is 0 Å². The van der Waals surface area contributed by atoms with Crippen LogP contribution in [0.25, 0.3) is 0 Å². The van der Waals surface area contributed by atoms with Gasteiger partial charge in [0.05, 0.1) is 0 Å². The first-order valence-corrected chi connectivity index (χ1v) is 7.66. The van der Waals surface area contributed by atoms with Crippen molar-refractivity contribution in [3.63, 3.8) is 0 Å². The quantitative estimate of drug-likeness (QED) is 0.697. The zero-order valence-corrected chi connectivity index (χ0v) is 13.8. The first-order valence-electron chi connectivity index (χ1n) is 6.49. The predicted octanol–water partition coefficient (Wildman–Crippen LogP) is 4.82. The summed E-state index contributed by atoms with van der Waals surface area (Å²) in [6.07, 6.45) is 1.34. The van der Waals surface area contributed by atoms with Crippen molar-refractivity contribution in [3.8, 4) is 0 Å². The van der Waals surface area contributed by atoms with E-state index in [4.69, 9.17) is 11.6 Å². The zero-order chi connectivity index (χ0) is 15.2. The van der Waals surface area contributed by atoms with Crippen LogP contribution in [0, 0.1) is 0 Å². The molecule has 0 aliphatic rings. The van der Waals surface area contributed by atoms with E-state index in [0.29, 0.717) is 18.1 Å². The molecule has 21 heavy (non-hydrogen) atoms. The van der Waals surface area contributed by atoms with Gasteiger partial charge < -0.3 is 4.90 Å². The van der Waals surface area contributed by atoms with Gasteiger partial charge in [-0.05, 0) is 29.3 Å². The van der Waals surface area contributed by atoms with E-state index in [9.17, 15) is 4.79 Å². The van der Waals surface area contributed by atoms with Gasteiger partial charge in [-0.25, -0.2) is 0 Å². The van der Waals surface area contributed by atoms with Crippen LogP contribution >= 0.6 is 27.5 Å². The number of nitrogens with zero attached hydrogens (tertiary/aromatic N) is 1. The summed E-state index contributed by atoms with van der Waals surface area (Å²) >= 11 is 9.43. The Kier molecular flexibility index (Phi) is 5.59. The molecule has 0 saturated carbocycles. The fraction of sp³-hybridized carbons (Fsp3) is 0.118. The van der Waals surface area contributed by atoms with Crippen molar-refractivity contribution >= 4 is 33.4 Å². The molecule has 0 fully saturated rings. The molecular formula is C17H15BrClNO. The lowest BCUT2D eigenvalue weighted by Crippen LogP contribution is -2.28. The summed E-state index contributed by atoms with van der Waals surface area (Å²) in [6.45, 7) is 4.62. The molecule has 0 atom stereocenters. The number of halogens is 2. The summed E-state index contributed by atoms with van der Waals surface area (Å²) in [6, 6.07) is 15.4. The predicted molar refractivity (Wildman–Crippen MR) is 90.0 cm³/mol. The second-order valence-electron chi connectivity index (χ2n) is 4.62. The molecule has 0 N–H and O–H groups in total. The monoisotopic (exact) mass is 363 g/mol. The van der Waals surface area contributed by atoms with E-state index in [2.05, 4.69) is 22.5 Å². The number of amides is 1. The molecule has 108 valence electrons. The van der Waals surface area contributed by atoms with Crippen molar-refractivity contribution in [1.82, 2.24) is 4.90 Å². The molecule has 2 aromatic carbocycles. The molecule has 2 rings (SSSR count). The van der Waals surface area contributed by atoms with Gasteiger partial charge in [0.1, 0.15) is 0 Å². The molecule has 2 aromatic rings. The van der Waals surface area contributed by atoms with Crippen LogP contribution in [-0.2, 0) is 17.9 Å². The maximum absolute atomic E-state index is 12.1. The van der Waals surface area contributed by atoms with Gasteiger partial charge in [-0.1, -0.05) is 70.5 Å². The van der Waals surface area contributed by atoms with Crippen LogP contribution in [0.2, 0.25) is 5.02 Å². The number of carbonyl (C=O) groups excluding carboxylic acids is 1. The maximum atomic E-state index is 12.1. The first-order chi connectivity index (χ1) is 10.1. The lowest BCUT2D eigenvalue weighted by Gasteiger charge is -2.22. The van der Waals surface area contributed by atoms with E-state index >= 15 is 0 Å². The van der Waals surface area contributed by atoms with Gasteiger partial charge in [-0.2, -0.15) is 0 Å². The fourth-order valence-electron chi connectivity index (χ4n) is 2.00. The van der Waals surface area contributed by atoms with Crippen LogP contribution in [0.5, 0.6) is 0 Å². The molecular weight excluding hydrogens is 350 g/mol. The van der Waals surface area contributed by atoms with Crippen molar-refractivity contribution in [2.75, 3.05) is 0 Å². The minimum absolute atomic E-state index is 0.0966. The van der Waals surface area contributed by atoms with Crippen molar-refractivity contribution in [3.05, 3.63) is 81.8 Å². The smallest absolute Gasteiger partial charge is 0.246 e. The van der Waals surface area contributed by atoms with Gasteiger partial charge >= 0.3 is 0 Å². The minimum atomic E-state index is -0.0966. The Labute approximate surface area is 138 Å². The Balaban J connectivity index is 2.20. The van der Waals surface area contributed by atoms with E-state index in [1.54, 1.807) is 4.90 Å². The lowest BCUT2D eigenvalue weighted by atomic mass is 10.1. The Hall–Kier alpha value is -1.58. The number of carbonyl (C=O) groups is 1. The van der Waals surface area contributed by atoms with Gasteiger partial charge in [0.15, 0.2) is 0 Å². The average molecular weight is 365 g/mol. The van der Waals surface area contributed by atoms with Gasteiger partial charge in [-0.3, -0.25) is 4.79 Å². The molecule has 0 saturated heterocycles. The molecule has 2 nitrogen and oxygen atoms in total. The first kappa shape index (κ1) is 15.8. The van der Waals surface area contributed by atoms with Gasteiger partial charge in [0, 0.05) is 22.6 Å². The normalized spacial score (nSPS) is 10.2. The van der Waals surface area contributed by atoms with Crippen LogP contribution in [-0.4, -0.2) is 10.8 Å². The van der Waals surface area contributed by atoms with Gasteiger partial charge in [0.25, 0.3) is 0 Å². The van der Waals surface area contributed by atoms with E-state index < -0.39 is 0 Å². The lowest BCUT2D eigenvalue weighted by molar-refractivity contribution is -0.127. The Bertz CT molecular complexity index is 642. The highest BCUT2D eigenvalue weighted by Crippen LogP contribution is 2.23. The topological polar surface area (TPSA) is 20.3 Å². The maximum Gasteiger partial charge on any atom is 0.246 e. The number of benzene rings is 2. The van der Waals surface area contributed by atoms with E-state index in [-0.39, 0.29) is 5.91 Å². The van der Waals surface area contributed by atoms with E-state index in [0.717, 1.165) is 15.6 Å². The molecule has 0 spiro atoms. The molecule has 0 aliphatic heterocycles. The Morgan fingerprint density at radius 2 is 1.90 bits per heavy atom. The highest BCUT2D eigenvalue weighted by molar-refractivity contribution is 9.10. The number of hydrogen-bond acceptors (Lipinski definition) is 1. The average Bonchev–Trinajstić information content (AvgIpc) is 2.49. The Morgan fingerprint density at radius 3 is 2.52 bits per heavy atom. The third-order valence-corrected chi connectivity index (χ3v) is 4.05. The van der Waals surface area contributed by atoms with Crippen molar-refractivity contribution < 1.29 is 4.79 Å². The summed E-state index contributed by atoms with van der Waals surface area (Å²) in [5.41, 5.74) is 2.09. The minimum Gasteiger partial charge on any atom is -0.330 e. The molecule has 0 unspecified atom stereocenters.